The lowest BCUT2D eigenvalue weighted by Crippen LogP contribution is -2.16. The number of hydrogen-bond donors (Lipinski definition) is 2. The van der Waals surface area contributed by atoms with Gasteiger partial charge in [-0.3, -0.25) is 5.41 Å². The molecule has 0 radical (unpaired) electrons. The smallest absolute Gasteiger partial charge is 0.250 e. The van der Waals surface area contributed by atoms with Crippen LogP contribution in [0.2, 0.25) is 0 Å². The van der Waals surface area contributed by atoms with Crippen molar-refractivity contribution in [1.82, 2.24) is 10.2 Å². The van der Waals surface area contributed by atoms with E-state index in [0.29, 0.717) is 11.3 Å². The molecule has 110 valence electrons. The van der Waals surface area contributed by atoms with E-state index < -0.39 is 0 Å². The Morgan fingerprint density at radius 1 is 1.24 bits per heavy atom. The van der Waals surface area contributed by atoms with Gasteiger partial charge in [-0.2, -0.15) is 5.10 Å². The van der Waals surface area contributed by atoms with E-state index >= 15 is 0 Å². The average molecular weight is 285 g/mol. The molecular weight excluding hydrogens is 266 g/mol. The number of aromatic nitrogens is 2. The summed E-state index contributed by atoms with van der Waals surface area (Å²) < 4.78 is 5.78. The van der Waals surface area contributed by atoms with Gasteiger partial charge in [0.25, 0.3) is 0 Å². The number of rotatable bonds is 4. The molecule has 0 amide bonds. The first-order valence-corrected chi connectivity index (χ1v) is 6.53. The lowest BCUT2D eigenvalue weighted by atomic mass is 10.1. The third-order valence-electron chi connectivity index (χ3n) is 3.24. The summed E-state index contributed by atoms with van der Waals surface area (Å²) in [6, 6.07) is 7.59. The van der Waals surface area contributed by atoms with E-state index in [1.807, 2.05) is 57.1 Å². The second-order valence-electron chi connectivity index (χ2n) is 5.00. The zero-order chi connectivity index (χ0) is 15.6. The fourth-order valence-electron chi connectivity index (χ4n) is 1.91. The van der Waals surface area contributed by atoms with Crippen molar-refractivity contribution in [3.05, 3.63) is 41.1 Å². The Morgan fingerprint density at radius 3 is 2.57 bits per heavy atom. The molecule has 0 unspecified atom stereocenters. The van der Waals surface area contributed by atoms with Crippen molar-refractivity contribution in [2.24, 2.45) is 5.73 Å². The first-order chi connectivity index (χ1) is 9.90. The number of benzene rings is 1. The molecule has 0 aliphatic carbocycles. The van der Waals surface area contributed by atoms with Crippen LogP contribution in [0.5, 0.6) is 11.6 Å². The molecule has 0 saturated heterocycles. The Hall–Kier alpha value is -2.63. The van der Waals surface area contributed by atoms with Crippen molar-refractivity contribution < 1.29 is 4.74 Å². The molecule has 3 N–H and O–H groups in total. The molecule has 6 heteroatoms. The van der Waals surface area contributed by atoms with Crippen LogP contribution in [0.4, 0.5) is 5.69 Å². The van der Waals surface area contributed by atoms with Gasteiger partial charge in [-0.05, 0) is 31.5 Å². The Kier molecular flexibility index (Phi) is 4.07. The highest BCUT2D eigenvalue weighted by Crippen LogP contribution is 2.27. The molecule has 6 nitrogen and oxygen atoms in total. The number of nitrogens with two attached hydrogens (primary N) is 1. The van der Waals surface area contributed by atoms with Gasteiger partial charge in [0.1, 0.15) is 11.6 Å². The van der Waals surface area contributed by atoms with Gasteiger partial charge in [0.15, 0.2) is 0 Å². The summed E-state index contributed by atoms with van der Waals surface area (Å²) in [5.74, 6) is 0.798. The zero-order valence-corrected chi connectivity index (χ0v) is 12.6. The third kappa shape index (κ3) is 3.10. The SMILES string of the molecule is Cc1nnc(Oc2cccc(N(C)C)c2)c(C(=N)N)c1C. The van der Waals surface area contributed by atoms with Crippen molar-refractivity contribution >= 4 is 11.5 Å². The Labute approximate surface area is 124 Å². The molecule has 2 rings (SSSR count). The molecule has 21 heavy (non-hydrogen) atoms. The summed E-state index contributed by atoms with van der Waals surface area (Å²) in [7, 11) is 3.91. The maximum absolute atomic E-state index is 7.71. The van der Waals surface area contributed by atoms with Crippen LogP contribution in [0.25, 0.3) is 0 Å². The topological polar surface area (TPSA) is 88.1 Å². The molecule has 0 aliphatic rings. The van der Waals surface area contributed by atoms with Crippen LogP contribution >= 0.6 is 0 Å². The predicted octanol–water partition coefficient (Wildman–Crippen LogP) is 2.24. The molecule has 0 bridgehead atoms. The number of ether oxygens (including phenoxy) is 1. The molecule has 0 fully saturated rings. The number of anilines is 1. The van der Waals surface area contributed by atoms with Gasteiger partial charge in [0.2, 0.25) is 5.88 Å². The van der Waals surface area contributed by atoms with Crippen molar-refractivity contribution in [2.75, 3.05) is 19.0 Å². The highest BCUT2D eigenvalue weighted by Gasteiger charge is 2.16. The second kappa shape index (κ2) is 5.78. The van der Waals surface area contributed by atoms with Gasteiger partial charge >= 0.3 is 0 Å². The number of amidine groups is 1. The van der Waals surface area contributed by atoms with E-state index in [2.05, 4.69) is 10.2 Å². The monoisotopic (exact) mass is 285 g/mol. The van der Waals surface area contributed by atoms with Crippen LogP contribution in [0.15, 0.2) is 24.3 Å². The lowest BCUT2D eigenvalue weighted by Gasteiger charge is -2.15. The quantitative estimate of drug-likeness (QED) is 0.664. The maximum Gasteiger partial charge on any atom is 0.250 e. The van der Waals surface area contributed by atoms with Crippen LogP contribution in [0.1, 0.15) is 16.8 Å². The largest absolute Gasteiger partial charge is 0.437 e. The van der Waals surface area contributed by atoms with Crippen molar-refractivity contribution in [2.45, 2.75) is 13.8 Å². The average Bonchev–Trinajstić information content (AvgIpc) is 2.43. The summed E-state index contributed by atoms with van der Waals surface area (Å²) in [5.41, 5.74) is 8.67. The van der Waals surface area contributed by atoms with Crippen molar-refractivity contribution in [1.29, 1.82) is 5.41 Å². The van der Waals surface area contributed by atoms with Crippen LogP contribution in [-0.2, 0) is 0 Å². The molecule has 1 aromatic heterocycles. The fourth-order valence-corrected chi connectivity index (χ4v) is 1.91. The first kappa shape index (κ1) is 14.8. The van der Waals surface area contributed by atoms with Gasteiger partial charge in [0.05, 0.1) is 11.3 Å². The van der Waals surface area contributed by atoms with Gasteiger partial charge in [-0.15, -0.1) is 5.10 Å². The molecule has 2 aromatic rings. The van der Waals surface area contributed by atoms with Crippen LogP contribution in [0, 0.1) is 19.3 Å². The number of aryl methyl sites for hydroxylation is 1. The third-order valence-corrected chi connectivity index (χ3v) is 3.24. The van der Waals surface area contributed by atoms with Gasteiger partial charge < -0.3 is 15.4 Å². The molecule has 1 heterocycles. The number of nitrogens with zero attached hydrogens (tertiary/aromatic N) is 3. The number of nitrogens with one attached hydrogen (secondary N) is 1. The molecule has 0 spiro atoms. The van der Waals surface area contributed by atoms with E-state index in [1.165, 1.54) is 0 Å². The summed E-state index contributed by atoms with van der Waals surface area (Å²) in [6.45, 7) is 3.68. The van der Waals surface area contributed by atoms with Crippen LogP contribution in [-0.4, -0.2) is 30.1 Å². The molecule has 0 atom stereocenters. The minimum Gasteiger partial charge on any atom is -0.437 e. The highest BCUT2D eigenvalue weighted by atomic mass is 16.5. The summed E-state index contributed by atoms with van der Waals surface area (Å²) in [5, 5.41) is 15.8. The summed E-state index contributed by atoms with van der Waals surface area (Å²) >= 11 is 0. The Balaban J connectivity index is 2.42. The van der Waals surface area contributed by atoms with Crippen molar-refractivity contribution in [3.8, 4) is 11.6 Å². The summed E-state index contributed by atoms with van der Waals surface area (Å²) in [4.78, 5) is 1.98. The van der Waals surface area contributed by atoms with E-state index in [4.69, 9.17) is 15.9 Å². The Bertz CT molecular complexity index is 682. The van der Waals surface area contributed by atoms with Gasteiger partial charge in [-0.25, -0.2) is 0 Å². The van der Waals surface area contributed by atoms with E-state index in [-0.39, 0.29) is 11.7 Å². The normalized spacial score (nSPS) is 10.3. The number of hydrogen-bond acceptors (Lipinski definition) is 5. The molecule has 1 aromatic carbocycles. The standard InChI is InChI=1S/C15H19N5O/c1-9-10(2)18-19-15(13(9)14(16)17)21-12-7-5-6-11(8-12)20(3)4/h5-8H,1-4H3,(H3,16,17). The van der Waals surface area contributed by atoms with Crippen LogP contribution in [0.3, 0.4) is 0 Å². The van der Waals surface area contributed by atoms with E-state index in [1.54, 1.807) is 0 Å². The zero-order valence-electron chi connectivity index (χ0n) is 12.6. The Morgan fingerprint density at radius 2 is 1.95 bits per heavy atom. The lowest BCUT2D eigenvalue weighted by molar-refractivity contribution is 0.452. The summed E-state index contributed by atoms with van der Waals surface area (Å²) in [6.07, 6.45) is 0. The highest BCUT2D eigenvalue weighted by molar-refractivity contribution is 5.98. The van der Waals surface area contributed by atoms with Crippen LogP contribution < -0.4 is 15.4 Å². The molecule has 0 saturated carbocycles. The minimum atomic E-state index is -0.0794. The number of nitrogen functional groups attached to an aromatic ring is 1. The second-order valence-corrected chi connectivity index (χ2v) is 5.00. The predicted molar refractivity (Wildman–Crippen MR) is 83.4 cm³/mol. The van der Waals surface area contributed by atoms with Gasteiger partial charge in [-0.1, -0.05) is 6.07 Å². The molecular formula is C15H19N5O. The minimum absolute atomic E-state index is 0.0794. The fraction of sp³-hybridized carbons (Fsp3) is 0.267. The maximum atomic E-state index is 7.71. The molecule has 0 aliphatic heterocycles. The van der Waals surface area contributed by atoms with Crippen molar-refractivity contribution in [3.63, 3.8) is 0 Å². The first-order valence-electron chi connectivity index (χ1n) is 6.53. The van der Waals surface area contributed by atoms with Gasteiger partial charge in [0, 0.05) is 25.8 Å². The van der Waals surface area contributed by atoms with E-state index in [9.17, 15) is 0 Å². The van der Waals surface area contributed by atoms with E-state index in [0.717, 1.165) is 16.9 Å².